The minimum atomic E-state index is -0.750. The van der Waals surface area contributed by atoms with Gasteiger partial charge in [-0.2, -0.15) is 0 Å². The van der Waals surface area contributed by atoms with E-state index in [0.29, 0.717) is 39.1 Å². The number of hydrogen-bond acceptors (Lipinski definition) is 4. The molecule has 1 aromatic rings. The zero-order chi connectivity index (χ0) is 18.3. The van der Waals surface area contributed by atoms with Crippen LogP contribution in [0.5, 0.6) is 0 Å². The van der Waals surface area contributed by atoms with Gasteiger partial charge >= 0.3 is 0 Å². The number of rotatable bonds is 2. The summed E-state index contributed by atoms with van der Waals surface area (Å²) in [4.78, 5) is 28.1. The summed E-state index contributed by atoms with van der Waals surface area (Å²) in [5.41, 5.74) is 0.146. The van der Waals surface area contributed by atoms with E-state index in [1.807, 2.05) is 0 Å². The minimum Gasteiger partial charge on any atom is -0.347 e. The Morgan fingerprint density at radius 3 is 2.31 bits per heavy atom. The molecule has 1 unspecified atom stereocenters. The molecule has 3 fully saturated rings. The molecule has 26 heavy (non-hydrogen) atoms. The van der Waals surface area contributed by atoms with Gasteiger partial charge in [-0.3, -0.25) is 9.59 Å². The smallest absolute Gasteiger partial charge is 0.228 e. The molecule has 0 aromatic heterocycles. The van der Waals surface area contributed by atoms with E-state index in [9.17, 15) is 18.4 Å². The first-order chi connectivity index (χ1) is 12.5. The zero-order valence-electron chi connectivity index (χ0n) is 14.2. The van der Waals surface area contributed by atoms with E-state index in [0.717, 1.165) is 18.2 Å². The van der Waals surface area contributed by atoms with Gasteiger partial charge in [-0.25, -0.2) is 8.78 Å². The second-order valence-corrected chi connectivity index (χ2v) is 6.97. The molecule has 0 bridgehead atoms. The molecule has 0 N–H and O–H groups in total. The first-order valence-electron chi connectivity index (χ1n) is 8.79. The van der Waals surface area contributed by atoms with Gasteiger partial charge in [-0.1, -0.05) is 0 Å². The predicted octanol–water partition coefficient (Wildman–Crippen LogP) is 1.68. The van der Waals surface area contributed by atoms with Crippen LogP contribution in [0.1, 0.15) is 19.3 Å². The lowest BCUT2D eigenvalue weighted by Gasteiger charge is -2.38. The van der Waals surface area contributed by atoms with Crippen molar-refractivity contribution in [2.45, 2.75) is 25.0 Å². The van der Waals surface area contributed by atoms with Gasteiger partial charge in [-0.05, 0) is 12.1 Å². The van der Waals surface area contributed by atoms with Crippen molar-refractivity contribution in [3.8, 4) is 0 Å². The van der Waals surface area contributed by atoms with E-state index in [-0.39, 0.29) is 30.5 Å². The van der Waals surface area contributed by atoms with Gasteiger partial charge in [0.25, 0.3) is 0 Å². The van der Waals surface area contributed by atoms with Crippen molar-refractivity contribution >= 4 is 17.5 Å². The van der Waals surface area contributed by atoms with Gasteiger partial charge in [0.2, 0.25) is 11.8 Å². The summed E-state index contributed by atoms with van der Waals surface area (Å²) in [5.74, 6) is -2.97. The van der Waals surface area contributed by atoms with Crippen molar-refractivity contribution in [2.75, 3.05) is 37.7 Å². The van der Waals surface area contributed by atoms with Gasteiger partial charge in [-0.15, -0.1) is 0 Å². The molecule has 1 aromatic carbocycles. The maximum Gasteiger partial charge on any atom is 0.228 e. The Bertz CT molecular complexity index is 706. The Morgan fingerprint density at radius 1 is 1.08 bits per heavy atom. The molecule has 3 aliphatic rings. The Morgan fingerprint density at radius 2 is 1.69 bits per heavy atom. The fourth-order valence-corrected chi connectivity index (χ4v) is 3.93. The molecule has 6 nitrogen and oxygen atoms in total. The van der Waals surface area contributed by atoms with Gasteiger partial charge in [0.15, 0.2) is 5.79 Å². The number of piperidine rings is 1. The lowest BCUT2D eigenvalue weighted by Crippen LogP contribution is -2.49. The molecule has 0 saturated carbocycles. The second kappa shape index (κ2) is 6.59. The van der Waals surface area contributed by atoms with E-state index in [1.165, 1.54) is 4.90 Å². The maximum atomic E-state index is 13.4. The van der Waals surface area contributed by atoms with Crippen LogP contribution in [0.3, 0.4) is 0 Å². The number of benzene rings is 1. The molecule has 140 valence electrons. The lowest BCUT2D eigenvalue weighted by atomic mass is 10.0. The van der Waals surface area contributed by atoms with Crippen LogP contribution in [0.4, 0.5) is 14.5 Å². The van der Waals surface area contributed by atoms with Gasteiger partial charge in [0.05, 0.1) is 19.1 Å². The molecule has 8 heteroatoms. The maximum absolute atomic E-state index is 13.4. The van der Waals surface area contributed by atoms with E-state index in [4.69, 9.17) is 9.47 Å². The first-order valence-corrected chi connectivity index (χ1v) is 8.79. The van der Waals surface area contributed by atoms with Crippen LogP contribution >= 0.6 is 0 Å². The first kappa shape index (κ1) is 17.4. The fourth-order valence-electron chi connectivity index (χ4n) is 3.93. The Kier molecular flexibility index (Phi) is 4.40. The second-order valence-electron chi connectivity index (χ2n) is 6.97. The number of halogens is 2. The largest absolute Gasteiger partial charge is 0.347 e. The summed E-state index contributed by atoms with van der Waals surface area (Å²) in [5, 5.41) is 0. The number of likely N-dealkylation sites (tertiary alicyclic amines) is 1. The number of amides is 2. The van der Waals surface area contributed by atoms with E-state index >= 15 is 0 Å². The normalized spacial score (nSPS) is 25.3. The highest BCUT2D eigenvalue weighted by Crippen LogP contribution is 2.33. The van der Waals surface area contributed by atoms with Crippen molar-refractivity contribution in [2.24, 2.45) is 5.92 Å². The van der Waals surface area contributed by atoms with Crippen LogP contribution in [-0.4, -0.2) is 55.3 Å². The Balaban J connectivity index is 1.41. The number of carbonyl (C=O) groups excluding carboxylic acids is 2. The standard InChI is InChI=1S/C18H20F2N2O4/c19-13-8-14(20)10-15(9-13)22-11-12(7-16(22)23)17(24)21-3-1-18(2-4-21)25-5-6-26-18/h8-10,12H,1-7,11H2. The monoisotopic (exact) mass is 366 g/mol. The highest BCUT2D eigenvalue weighted by Gasteiger charge is 2.43. The highest BCUT2D eigenvalue weighted by molar-refractivity contribution is 6.00. The topological polar surface area (TPSA) is 59.1 Å². The molecule has 3 aliphatic heterocycles. The predicted molar refractivity (Wildman–Crippen MR) is 87.3 cm³/mol. The molecular formula is C18H20F2N2O4. The number of hydrogen-bond donors (Lipinski definition) is 0. The molecule has 3 heterocycles. The van der Waals surface area contributed by atoms with Gasteiger partial charge < -0.3 is 19.3 Å². The third-order valence-electron chi connectivity index (χ3n) is 5.28. The van der Waals surface area contributed by atoms with E-state index in [1.54, 1.807) is 4.90 Å². The molecule has 0 aliphatic carbocycles. The van der Waals surface area contributed by atoms with Crippen LogP contribution in [0.15, 0.2) is 18.2 Å². The zero-order valence-corrected chi connectivity index (χ0v) is 14.2. The highest BCUT2D eigenvalue weighted by atomic mass is 19.1. The molecule has 3 saturated heterocycles. The minimum absolute atomic E-state index is 0.0472. The lowest BCUT2D eigenvalue weighted by molar-refractivity contribution is -0.188. The van der Waals surface area contributed by atoms with Crippen LogP contribution in [-0.2, 0) is 19.1 Å². The fraction of sp³-hybridized carbons (Fsp3) is 0.556. The molecule has 1 atom stereocenters. The van der Waals surface area contributed by atoms with Crippen molar-refractivity contribution in [1.29, 1.82) is 0 Å². The third-order valence-corrected chi connectivity index (χ3v) is 5.28. The summed E-state index contributed by atoms with van der Waals surface area (Å²) in [6.07, 6.45) is 1.27. The molecule has 4 rings (SSSR count). The van der Waals surface area contributed by atoms with Crippen LogP contribution in [0.25, 0.3) is 0 Å². The number of anilines is 1. The average Bonchev–Trinajstić information content (AvgIpc) is 3.21. The average molecular weight is 366 g/mol. The SMILES string of the molecule is O=C(C1CC(=O)N(c2cc(F)cc(F)c2)C1)N1CCC2(CC1)OCCO2. The number of carbonyl (C=O) groups is 2. The van der Waals surface area contributed by atoms with E-state index in [2.05, 4.69) is 0 Å². The van der Waals surface area contributed by atoms with Crippen molar-refractivity contribution in [3.63, 3.8) is 0 Å². The van der Waals surface area contributed by atoms with E-state index < -0.39 is 23.3 Å². The van der Waals surface area contributed by atoms with Crippen molar-refractivity contribution < 1.29 is 27.8 Å². The summed E-state index contributed by atoms with van der Waals surface area (Å²) >= 11 is 0. The molecule has 0 radical (unpaired) electrons. The summed E-state index contributed by atoms with van der Waals surface area (Å²) < 4.78 is 38.2. The van der Waals surface area contributed by atoms with Crippen LogP contribution in [0, 0.1) is 17.6 Å². The third kappa shape index (κ3) is 3.19. The van der Waals surface area contributed by atoms with Gasteiger partial charge in [0.1, 0.15) is 11.6 Å². The summed E-state index contributed by atoms with van der Waals surface area (Å²) in [6.45, 7) is 2.31. The summed E-state index contributed by atoms with van der Waals surface area (Å²) in [7, 11) is 0. The van der Waals surface area contributed by atoms with Gasteiger partial charge in [0, 0.05) is 50.7 Å². The molecular weight excluding hydrogens is 346 g/mol. The Hall–Kier alpha value is -2.06. The van der Waals surface area contributed by atoms with Crippen LogP contribution in [0.2, 0.25) is 0 Å². The van der Waals surface area contributed by atoms with Crippen LogP contribution < -0.4 is 4.90 Å². The Labute approximate surface area is 149 Å². The van der Waals surface area contributed by atoms with Crippen molar-refractivity contribution in [3.05, 3.63) is 29.8 Å². The number of ether oxygens (including phenoxy) is 2. The van der Waals surface area contributed by atoms with Crippen molar-refractivity contribution in [1.82, 2.24) is 4.90 Å². The summed E-state index contributed by atoms with van der Waals surface area (Å²) in [6, 6.07) is 2.96. The molecule has 1 spiro atoms. The quantitative estimate of drug-likeness (QED) is 0.799. The number of nitrogens with zero attached hydrogens (tertiary/aromatic N) is 2. The molecule has 2 amide bonds.